The van der Waals surface area contributed by atoms with Gasteiger partial charge >= 0.3 is 0 Å². The van der Waals surface area contributed by atoms with E-state index in [9.17, 15) is 4.79 Å². The van der Waals surface area contributed by atoms with Crippen LogP contribution >= 0.6 is 23.1 Å². The van der Waals surface area contributed by atoms with E-state index in [2.05, 4.69) is 20.3 Å². The molecule has 0 saturated heterocycles. The summed E-state index contributed by atoms with van der Waals surface area (Å²) in [5, 5.41) is 3.79. The zero-order valence-electron chi connectivity index (χ0n) is 13.2. The number of aromatic nitrogens is 3. The highest BCUT2D eigenvalue weighted by atomic mass is 32.2. The predicted octanol–water partition coefficient (Wildman–Crippen LogP) is 3.60. The van der Waals surface area contributed by atoms with Crippen molar-refractivity contribution in [3.8, 4) is 5.75 Å². The third-order valence-corrected chi connectivity index (χ3v) is 5.47. The highest BCUT2D eigenvalue weighted by Gasteiger charge is 2.20. The van der Waals surface area contributed by atoms with Gasteiger partial charge < -0.3 is 10.1 Å². The van der Waals surface area contributed by atoms with Crippen LogP contribution in [0, 0.1) is 0 Å². The number of nitrogens with one attached hydrogen (secondary N) is 1. The summed E-state index contributed by atoms with van der Waals surface area (Å²) >= 11 is 2.78. The molecule has 0 aliphatic carbocycles. The SMILES string of the molecule is CCC(Sc1ncccn1)C(=O)Nc1nc2ccc(OC)cc2s1. The fourth-order valence-corrected chi connectivity index (χ4v) is 3.79. The molecular weight excluding hydrogens is 344 g/mol. The molecule has 0 radical (unpaired) electrons. The van der Waals surface area contributed by atoms with Crippen LogP contribution in [0.4, 0.5) is 5.13 Å². The third kappa shape index (κ3) is 3.82. The first kappa shape index (κ1) is 16.7. The number of anilines is 1. The van der Waals surface area contributed by atoms with Gasteiger partial charge in [-0.3, -0.25) is 4.79 Å². The molecule has 1 unspecified atom stereocenters. The van der Waals surface area contributed by atoms with Crippen LogP contribution in [0.25, 0.3) is 10.2 Å². The number of fused-ring (bicyclic) bond motifs is 1. The Bertz CT molecular complexity index is 838. The molecule has 6 nitrogen and oxygen atoms in total. The van der Waals surface area contributed by atoms with E-state index in [0.29, 0.717) is 16.7 Å². The molecule has 2 heterocycles. The van der Waals surface area contributed by atoms with Crippen molar-refractivity contribution in [3.63, 3.8) is 0 Å². The molecule has 0 saturated carbocycles. The molecule has 24 heavy (non-hydrogen) atoms. The van der Waals surface area contributed by atoms with Crippen molar-refractivity contribution < 1.29 is 9.53 Å². The normalized spacial score (nSPS) is 12.1. The number of hydrogen-bond acceptors (Lipinski definition) is 7. The Labute approximate surface area is 147 Å². The molecule has 124 valence electrons. The van der Waals surface area contributed by atoms with E-state index in [1.165, 1.54) is 23.1 Å². The van der Waals surface area contributed by atoms with Crippen molar-refractivity contribution in [2.75, 3.05) is 12.4 Å². The summed E-state index contributed by atoms with van der Waals surface area (Å²) in [5.41, 5.74) is 0.836. The minimum absolute atomic E-state index is 0.0963. The van der Waals surface area contributed by atoms with E-state index in [1.54, 1.807) is 25.6 Å². The van der Waals surface area contributed by atoms with Gasteiger partial charge in [0.1, 0.15) is 5.75 Å². The lowest BCUT2D eigenvalue weighted by molar-refractivity contribution is -0.115. The van der Waals surface area contributed by atoms with Crippen molar-refractivity contribution >= 4 is 44.4 Å². The van der Waals surface area contributed by atoms with Crippen molar-refractivity contribution in [2.24, 2.45) is 0 Å². The molecule has 0 aliphatic heterocycles. The van der Waals surface area contributed by atoms with Gasteiger partial charge in [-0.2, -0.15) is 0 Å². The summed E-state index contributed by atoms with van der Waals surface area (Å²) in [4.78, 5) is 25.3. The van der Waals surface area contributed by atoms with Gasteiger partial charge in [0.2, 0.25) is 5.91 Å². The second-order valence-electron chi connectivity index (χ2n) is 4.89. The van der Waals surface area contributed by atoms with Gasteiger partial charge in [0, 0.05) is 12.4 Å². The summed E-state index contributed by atoms with van der Waals surface area (Å²) in [6.07, 6.45) is 4.01. The summed E-state index contributed by atoms with van der Waals surface area (Å²) < 4.78 is 6.18. The smallest absolute Gasteiger partial charge is 0.239 e. The van der Waals surface area contributed by atoms with Crippen LogP contribution in [0.1, 0.15) is 13.3 Å². The first-order chi connectivity index (χ1) is 11.7. The second kappa shape index (κ2) is 7.59. The maximum absolute atomic E-state index is 12.5. The second-order valence-corrected chi connectivity index (χ2v) is 7.09. The highest BCUT2D eigenvalue weighted by Crippen LogP contribution is 2.30. The molecule has 0 aliphatic rings. The molecule has 1 N–H and O–H groups in total. The summed E-state index contributed by atoms with van der Waals surface area (Å²) in [6.45, 7) is 1.96. The van der Waals surface area contributed by atoms with E-state index < -0.39 is 0 Å². The Morgan fingerprint density at radius 2 is 2.17 bits per heavy atom. The van der Waals surface area contributed by atoms with E-state index in [0.717, 1.165) is 16.0 Å². The van der Waals surface area contributed by atoms with Crippen molar-refractivity contribution in [2.45, 2.75) is 23.8 Å². The number of carbonyl (C=O) groups is 1. The Morgan fingerprint density at radius 1 is 1.38 bits per heavy atom. The van der Waals surface area contributed by atoms with Gasteiger partial charge in [0.05, 0.1) is 22.6 Å². The fraction of sp³-hybridized carbons (Fsp3) is 0.250. The Hall–Kier alpha value is -2.19. The molecule has 0 bridgehead atoms. The number of carbonyl (C=O) groups excluding carboxylic acids is 1. The van der Waals surface area contributed by atoms with E-state index >= 15 is 0 Å². The van der Waals surface area contributed by atoms with Crippen LogP contribution in [-0.4, -0.2) is 33.2 Å². The Morgan fingerprint density at radius 3 is 2.88 bits per heavy atom. The first-order valence-electron chi connectivity index (χ1n) is 7.38. The minimum Gasteiger partial charge on any atom is -0.497 e. The topological polar surface area (TPSA) is 77.0 Å². The molecule has 3 rings (SSSR count). The van der Waals surface area contributed by atoms with Crippen LogP contribution in [0.5, 0.6) is 5.75 Å². The average Bonchev–Trinajstić information content (AvgIpc) is 3.01. The lowest BCUT2D eigenvalue weighted by atomic mass is 10.3. The zero-order chi connectivity index (χ0) is 16.9. The standard InChI is InChI=1S/C16H16N4O2S2/c1-3-12(23-15-17-7-4-8-18-15)14(21)20-16-19-11-6-5-10(22-2)9-13(11)24-16/h4-9,12H,3H2,1-2H3,(H,19,20,21). The molecule has 1 aromatic carbocycles. The van der Waals surface area contributed by atoms with Gasteiger partial charge in [-0.05, 0) is 30.7 Å². The number of hydrogen-bond donors (Lipinski definition) is 1. The summed E-state index contributed by atoms with van der Waals surface area (Å²) in [6, 6.07) is 7.39. The number of thioether (sulfide) groups is 1. The molecule has 8 heteroatoms. The van der Waals surface area contributed by atoms with Crippen molar-refractivity contribution in [1.82, 2.24) is 15.0 Å². The van der Waals surface area contributed by atoms with Crippen molar-refractivity contribution in [1.29, 1.82) is 0 Å². The van der Waals surface area contributed by atoms with Gasteiger partial charge in [-0.25, -0.2) is 15.0 Å². The maximum atomic E-state index is 12.5. The van der Waals surface area contributed by atoms with Crippen LogP contribution in [-0.2, 0) is 4.79 Å². The van der Waals surface area contributed by atoms with Crippen LogP contribution in [0.2, 0.25) is 0 Å². The van der Waals surface area contributed by atoms with Gasteiger partial charge in [0.25, 0.3) is 0 Å². The van der Waals surface area contributed by atoms with Crippen LogP contribution in [0.3, 0.4) is 0 Å². The highest BCUT2D eigenvalue weighted by molar-refractivity contribution is 8.00. The predicted molar refractivity (Wildman–Crippen MR) is 96.8 cm³/mol. The van der Waals surface area contributed by atoms with Gasteiger partial charge in [0.15, 0.2) is 10.3 Å². The van der Waals surface area contributed by atoms with E-state index in [4.69, 9.17) is 4.74 Å². The lowest BCUT2D eigenvalue weighted by Gasteiger charge is -2.11. The summed E-state index contributed by atoms with van der Waals surface area (Å²) in [7, 11) is 1.62. The number of benzene rings is 1. The number of thiazole rings is 1. The number of rotatable bonds is 6. The first-order valence-corrected chi connectivity index (χ1v) is 9.08. The van der Waals surface area contributed by atoms with Gasteiger partial charge in [-0.1, -0.05) is 30.0 Å². The van der Waals surface area contributed by atoms with E-state index in [1.807, 2.05) is 25.1 Å². The average molecular weight is 360 g/mol. The van der Waals surface area contributed by atoms with Crippen molar-refractivity contribution in [3.05, 3.63) is 36.7 Å². The van der Waals surface area contributed by atoms with Crippen LogP contribution in [0.15, 0.2) is 41.8 Å². The maximum Gasteiger partial charge on any atom is 0.239 e. The zero-order valence-corrected chi connectivity index (χ0v) is 14.9. The number of methoxy groups -OCH3 is 1. The molecule has 1 amide bonds. The van der Waals surface area contributed by atoms with Crippen LogP contribution < -0.4 is 10.1 Å². The molecule has 0 spiro atoms. The molecule has 2 aromatic heterocycles. The molecule has 1 atom stereocenters. The quantitative estimate of drug-likeness (QED) is 0.534. The number of ether oxygens (including phenoxy) is 1. The third-order valence-electron chi connectivity index (χ3n) is 3.28. The monoisotopic (exact) mass is 360 g/mol. The molecular formula is C16H16N4O2S2. The fourth-order valence-electron chi connectivity index (χ4n) is 2.07. The summed E-state index contributed by atoms with van der Waals surface area (Å²) in [5.74, 6) is 0.674. The van der Waals surface area contributed by atoms with Gasteiger partial charge in [-0.15, -0.1) is 0 Å². The lowest BCUT2D eigenvalue weighted by Crippen LogP contribution is -2.24. The Kier molecular flexibility index (Phi) is 5.27. The largest absolute Gasteiger partial charge is 0.497 e. The Balaban J connectivity index is 1.72. The molecule has 0 fully saturated rings. The number of nitrogens with zero attached hydrogens (tertiary/aromatic N) is 3. The number of amides is 1. The van der Waals surface area contributed by atoms with E-state index in [-0.39, 0.29) is 11.2 Å². The minimum atomic E-state index is -0.269. The molecule has 3 aromatic rings.